The Morgan fingerprint density at radius 3 is 2.43 bits per heavy atom. The van der Waals surface area contributed by atoms with Crippen LogP contribution in [0.4, 0.5) is 0 Å². The molecule has 0 aliphatic heterocycles. The third-order valence-corrected chi connectivity index (χ3v) is 2.53. The number of terminal acetylenes is 1. The molecule has 14 heavy (non-hydrogen) atoms. The summed E-state index contributed by atoms with van der Waals surface area (Å²) in [6.07, 6.45) is 11.8. The molecule has 0 heterocycles. The van der Waals surface area contributed by atoms with E-state index in [4.69, 9.17) is 6.42 Å². The first-order valence-corrected chi connectivity index (χ1v) is 5.89. The van der Waals surface area contributed by atoms with Crippen molar-refractivity contribution >= 4 is 0 Å². The van der Waals surface area contributed by atoms with E-state index >= 15 is 0 Å². The fourth-order valence-corrected chi connectivity index (χ4v) is 1.72. The van der Waals surface area contributed by atoms with Gasteiger partial charge in [0, 0.05) is 12.5 Å². The molecule has 1 unspecified atom stereocenters. The van der Waals surface area contributed by atoms with Crippen LogP contribution in [0.3, 0.4) is 0 Å². The summed E-state index contributed by atoms with van der Waals surface area (Å²) in [5, 5.41) is 0. The number of rotatable bonds is 8. The first kappa shape index (κ1) is 13.5. The first-order valence-electron chi connectivity index (χ1n) is 5.89. The van der Waals surface area contributed by atoms with Gasteiger partial charge in [0.05, 0.1) is 0 Å². The Kier molecular flexibility index (Phi) is 8.78. The molecule has 0 aromatic heterocycles. The minimum atomic E-state index is 0.457. The molecule has 0 saturated carbocycles. The zero-order valence-corrected chi connectivity index (χ0v) is 10.1. The summed E-state index contributed by atoms with van der Waals surface area (Å²) in [5.41, 5.74) is 0. The Balaban J connectivity index is 3.63. The number of hydrogen-bond acceptors (Lipinski definition) is 1. The highest BCUT2D eigenvalue weighted by atomic mass is 15.1. The van der Waals surface area contributed by atoms with E-state index in [1.165, 1.54) is 32.1 Å². The van der Waals surface area contributed by atoms with Gasteiger partial charge in [-0.25, -0.2) is 0 Å². The molecule has 0 spiro atoms. The Bertz CT molecular complexity index is 157. The van der Waals surface area contributed by atoms with Gasteiger partial charge < -0.3 is 4.90 Å². The van der Waals surface area contributed by atoms with Crippen molar-refractivity contribution in [1.82, 2.24) is 4.90 Å². The molecule has 82 valence electrons. The van der Waals surface area contributed by atoms with Gasteiger partial charge >= 0.3 is 0 Å². The van der Waals surface area contributed by atoms with E-state index in [0.717, 1.165) is 13.1 Å². The topological polar surface area (TPSA) is 3.24 Å². The predicted octanol–water partition coefficient (Wildman–Crippen LogP) is 3.16. The molecule has 0 N–H and O–H groups in total. The zero-order chi connectivity index (χ0) is 10.8. The van der Waals surface area contributed by atoms with Gasteiger partial charge in [-0.2, -0.15) is 0 Å². The second kappa shape index (κ2) is 9.09. The SMILES string of the molecule is C#CC(CCCCC)CN(C)CCC. The molecule has 1 nitrogen and oxygen atoms in total. The van der Waals surface area contributed by atoms with Gasteiger partial charge in [0.1, 0.15) is 0 Å². The van der Waals surface area contributed by atoms with Crippen LogP contribution < -0.4 is 0 Å². The molecule has 1 heteroatoms. The van der Waals surface area contributed by atoms with Crippen LogP contribution in [0, 0.1) is 18.3 Å². The average Bonchev–Trinajstić information content (AvgIpc) is 2.17. The Hall–Kier alpha value is -0.480. The molecule has 0 aromatic carbocycles. The van der Waals surface area contributed by atoms with Crippen LogP contribution in [0.1, 0.15) is 46.0 Å². The fraction of sp³-hybridized carbons (Fsp3) is 0.846. The quantitative estimate of drug-likeness (QED) is 0.425. The molecular formula is C13H25N. The maximum atomic E-state index is 5.52. The highest BCUT2D eigenvalue weighted by Crippen LogP contribution is 2.10. The van der Waals surface area contributed by atoms with Crippen molar-refractivity contribution in [2.45, 2.75) is 46.0 Å². The average molecular weight is 195 g/mol. The molecule has 0 fully saturated rings. The summed E-state index contributed by atoms with van der Waals surface area (Å²) in [4.78, 5) is 2.34. The minimum Gasteiger partial charge on any atom is -0.305 e. The van der Waals surface area contributed by atoms with Gasteiger partial charge in [0.25, 0.3) is 0 Å². The Morgan fingerprint density at radius 1 is 1.21 bits per heavy atom. The zero-order valence-electron chi connectivity index (χ0n) is 10.1. The lowest BCUT2D eigenvalue weighted by molar-refractivity contribution is 0.295. The van der Waals surface area contributed by atoms with Crippen LogP contribution in [0.15, 0.2) is 0 Å². The highest BCUT2D eigenvalue weighted by molar-refractivity contribution is 4.94. The lowest BCUT2D eigenvalue weighted by Crippen LogP contribution is -2.25. The second-order valence-electron chi connectivity index (χ2n) is 4.12. The van der Waals surface area contributed by atoms with Gasteiger partial charge in [0.15, 0.2) is 0 Å². The van der Waals surface area contributed by atoms with E-state index in [2.05, 4.69) is 31.7 Å². The van der Waals surface area contributed by atoms with Crippen LogP contribution in [0.5, 0.6) is 0 Å². The molecule has 0 aromatic rings. The van der Waals surface area contributed by atoms with Crippen LogP contribution in [-0.2, 0) is 0 Å². The predicted molar refractivity (Wildman–Crippen MR) is 64.3 cm³/mol. The van der Waals surface area contributed by atoms with Crippen molar-refractivity contribution in [3.8, 4) is 12.3 Å². The van der Waals surface area contributed by atoms with E-state index in [1.54, 1.807) is 0 Å². The van der Waals surface area contributed by atoms with Gasteiger partial charge in [-0.1, -0.05) is 33.1 Å². The standard InChI is InChI=1S/C13H25N/c1-5-8-9-10-13(7-3)12-14(4)11-6-2/h3,13H,5-6,8-12H2,1-2,4H3. The van der Waals surface area contributed by atoms with Crippen molar-refractivity contribution in [2.75, 3.05) is 20.1 Å². The van der Waals surface area contributed by atoms with E-state index in [-0.39, 0.29) is 0 Å². The van der Waals surface area contributed by atoms with Crippen molar-refractivity contribution in [2.24, 2.45) is 5.92 Å². The molecule has 0 radical (unpaired) electrons. The summed E-state index contributed by atoms with van der Waals surface area (Å²) in [5.74, 6) is 3.37. The Labute approximate surface area is 89.9 Å². The second-order valence-corrected chi connectivity index (χ2v) is 4.12. The van der Waals surface area contributed by atoms with Crippen LogP contribution >= 0.6 is 0 Å². The van der Waals surface area contributed by atoms with Gasteiger partial charge in [-0.15, -0.1) is 12.3 Å². The van der Waals surface area contributed by atoms with Crippen molar-refractivity contribution in [1.29, 1.82) is 0 Å². The van der Waals surface area contributed by atoms with Gasteiger partial charge in [-0.05, 0) is 26.4 Å². The summed E-state index contributed by atoms with van der Waals surface area (Å²) >= 11 is 0. The van der Waals surface area contributed by atoms with Crippen LogP contribution in [0.25, 0.3) is 0 Å². The molecule has 0 aliphatic carbocycles. The summed E-state index contributed by atoms with van der Waals surface area (Å²) < 4.78 is 0. The molecule has 0 bridgehead atoms. The third-order valence-electron chi connectivity index (χ3n) is 2.53. The summed E-state index contributed by atoms with van der Waals surface area (Å²) in [6, 6.07) is 0. The maximum absolute atomic E-state index is 5.52. The van der Waals surface area contributed by atoms with Crippen LogP contribution in [0.2, 0.25) is 0 Å². The van der Waals surface area contributed by atoms with Gasteiger partial charge in [-0.3, -0.25) is 0 Å². The molecule has 0 amide bonds. The first-order chi connectivity index (χ1) is 6.74. The molecular weight excluding hydrogens is 170 g/mol. The van der Waals surface area contributed by atoms with E-state index < -0.39 is 0 Å². The smallest absolute Gasteiger partial charge is 0.0327 e. The van der Waals surface area contributed by atoms with E-state index in [1.807, 2.05) is 0 Å². The number of nitrogens with zero attached hydrogens (tertiary/aromatic N) is 1. The van der Waals surface area contributed by atoms with Crippen molar-refractivity contribution in [3.05, 3.63) is 0 Å². The molecule has 1 atom stereocenters. The summed E-state index contributed by atoms with van der Waals surface area (Å²) in [6.45, 7) is 6.66. The minimum absolute atomic E-state index is 0.457. The third kappa shape index (κ3) is 6.97. The molecule has 0 aliphatic rings. The van der Waals surface area contributed by atoms with Crippen molar-refractivity contribution < 1.29 is 0 Å². The normalized spacial score (nSPS) is 12.8. The Morgan fingerprint density at radius 2 is 1.93 bits per heavy atom. The number of hydrogen-bond donors (Lipinski definition) is 0. The molecule has 0 rings (SSSR count). The summed E-state index contributed by atoms with van der Waals surface area (Å²) in [7, 11) is 2.16. The highest BCUT2D eigenvalue weighted by Gasteiger charge is 2.07. The number of unbranched alkanes of at least 4 members (excludes halogenated alkanes) is 2. The largest absolute Gasteiger partial charge is 0.305 e. The maximum Gasteiger partial charge on any atom is 0.0327 e. The molecule has 0 saturated heterocycles. The van der Waals surface area contributed by atoms with Crippen molar-refractivity contribution in [3.63, 3.8) is 0 Å². The lowest BCUT2D eigenvalue weighted by Gasteiger charge is -2.19. The van der Waals surface area contributed by atoms with E-state index in [0.29, 0.717) is 5.92 Å². The van der Waals surface area contributed by atoms with E-state index in [9.17, 15) is 0 Å². The van der Waals surface area contributed by atoms with Crippen LogP contribution in [-0.4, -0.2) is 25.0 Å². The van der Waals surface area contributed by atoms with Gasteiger partial charge in [0.2, 0.25) is 0 Å². The lowest BCUT2D eigenvalue weighted by atomic mass is 10.0. The fourth-order valence-electron chi connectivity index (χ4n) is 1.72. The monoisotopic (exact) mass is 195 g/mol.